The number of ether oxygens (including phenoxy) is 2. The molecule has 32 heavy (non-hydrogen) atoms. The maximum Gasteiger partial charge on any atom is 0.271 e. The third-order valence-corrected chi connectivity index (χ3v) is 5.22. The van der Waals surface area contributed by atoms with Gasteiger partial charge in [-0.05, 0) is 37.6 Å². The van der Waals surface area contributed by atoms with Crippen molar-refractivity contribution >= 4 is 17.1 Å². The molecular weight excluding hydrogens is 412 g/mol. The molecule has 5 rings (SSSR count). The van der Waals surface area contributed by atoms with Gasteiger partial charge in [0.15, 0.2) is 11.4 Å². The molecule has 0 aliphatic carbocycles. The van der Waals surface area contributed by atoms with Crippen LogP contribution in [0.1, 0.15) is 23.6 Å². The van der Waals surface area contributed by atoms with Gasteiger partial charge in [-0.1, -0.05) is 6.07 Å². The standard InChI is InChI=1S/C22H22N6O4/c1-13-5-6-17(32-13)19-20-21(27-22(23)26-19)28(18(29)9-24-20)10-14-3-2-4-15(25-14)11-31-16-7-8-30-12-16/h2-6,9,16H,7-8,10-12H2,1H3,(H2,23,26,27). The van der Waals surface area contributed by atoms with Crippen LogP contribution in [0, 0.1) is 6.92 Å². The molecule has 1 aliphatic heterocycles. The summed E-state index contributed by atoms with van der Waals surface area (Å²) in [7, 11) is 0. The number of hydrogen-bond donors (Lipinski definition) is 1. The number of nitrogens with two attached hydrogens (primary N) is 1. The van der Waals surface area contributed by atoms with E-state index in [1.54, 1.807) is 6.07 Å². The average molecular weight is 434 g/mol. The van der Waals surface area contributed by atoms with Crippen molar-refractivity contribution < 1.29 is 13.9 Å². The molecule has 1 atom stereocenters. The van der Waals surface area contributed by atoms with E-state index in [2.05, 4.69) is 19.9 Å². The summed E-state index contributed by atoms with van der Waals surface area (Å²) >= 11 is 0. The van der Waals surface area contributed by atoms with Crippen LogP contribution in [0.2, 0.25) is 0 Å². The summed E-state index contributed by atoms with van der Waals surface area (Å²) in [5, 5.41) is 0. The minimum absolute atomic E-state index is 0.0246. The second-order valence-corrected chi connectivity index (χ2v) is 7.61. The summed E-state index contributed by atoms with van der Waals surface area (Å²) in [6.45, 7) is 3.75. The molecule has 1 saturated heterocycles. The first-order valence-corrected chi connectivity index (χ1v) is 10.3. The SMILES string of the molecule is Cc1ccc(-c2nc(N)nc3c2ncc(=O)n3Cc2cccc(COC3CCOC3)n2)o1. The number of nitrogens with zero attached hydrogens (tertiary/aromatic N) is 5. The molecule has 0 bridgehead atoms. The van der Waals surface area contributed by atoms with Crippen molar-refractivity contribution in [3.63, 3.8) is 0 Å². The molecule has 0 radical (unpaired) electrons. The summed E-state index contributed by atoms with van der Waals surface area (Å²) in [4.78, 5) is 30.2. The van der Waals surface area contributed by atoms with Crippen LogP contribution >= 0.6 is 0 Å². The van der Waals surface area contributed by atoms with Crippen LogP contribution in [0.4, 0.5) is 5.95 Å². The number of fused-ring (bicyclic) bond motifs is 1. The van der Waals surface area contributed by atoms with Gasteiger partial charge in [0, 0.05) is 6.61 Å². The van der Waals surface area contributed by atoms with Crippen LogP contribution in [0.3, 0.4) is 0 Å². The fraction of sp³-hybridized carbons (Fsp3) is 0.318. The molecule has 0 amide bonds. The Balaban J connectivity index is 1.49. The molecule has 10 nitrogen and oxygen atoms in total. The molecule has 1 aliphatic rings. The largest absolute Gasteiger partial charge is 0.460 e. The van der Waals surface area contributed by atoms with Gasteiger partial charge in [0.1, 0.15) is 17.0 Å². The van der Waals surface area contributed by atoms with E-state index in [0.717, 1.165) is 24.5 Å². The Hall–Kier alpha value is -3.63. The van der Waals surface area contributed by atoms with Crippen LogP contribution < -0.4 is 11.3 Å². The Morgan fingerprint density at radius 1 is 1.19 bits per heavy atom. The van der Waals surface area contributed by atoms with Crippen molar-refractivity contribution in [2.24, 2.45) is 0 Å². The highest BCUT2D eigenvalue weighted by Gasteiger charge is 2.18. The van der Waals surface area contributed by atoms with E-state index in [4.69, 9.17) is 19.6 Å². The Morgan fingerprint density at radius 2 is 2.06 bits per heavy atom. The van der Waals surface area contributed by atoms with Crippen molar-refractivity contribution in [3.05, 3.63) is 64.0 Å². The first kappa shape index (κ1) is 20.3. The fourth-order valence-corrected chi connectivity index (χ4v) is 3.65. The fourth-order valence-electron chi connectivity index (χ4n) is 3.65. The number of hydrogen-bond acceptors (Lipinski definition) is 9. The van der Waals surface area contributed by atoms with Crippen molar-refractivity contribution in [3.8, 4) is 11.5 Å². The second-order valence-electron chi connectivity index (χ2n) is 7.61. The molecule has 1 unspecified atom stereocenters. The van der Waals surface area contributed by atoms with Crippen molar-refractivity contribution in [1.29, 1.82) is 0 Å². The Labute approximate surface area is 183 Å². The number of furan rings is 1. The molecule has 4 aromatic rings. The average Bonchev–Trinajstić information content (AvgIpc) is 3.46. The predicted molar refractivity (Wildman–Crippen MR) is 116 cm³/mol. The Morgan fingerprint density at radius 3 is 2.84 bits per heavy atom. The predicted octanol–water partition coefficient (Wildman–Crippen LogP) is 2.09. The van der Waals surface area contributed by atoms with Crippen LogP contribution in [-0.4, -0.2) is 43.8 Å². The summed E-state index contributed by atoms with van der Waals surface area (Å²) in [5.74, 6) is 1.26. The zero-order valence-electron chi connectivity index (χ0n) is 17.5. The Kier molecular flexibility index (Phi) is 5.38. The molecule has 0 spiro atoms. The van der Waals surface area contributed by atoms with E-state index in [1.807, 2.05) is 31.2 Å². The number of aryl methyl sites for hydroxylation is 1. The number of aromatic nitrogens is 5. The van der Waals surface area contributed by atoms with Crippen LogP contribution in [0.25, 0.3) is 22.6 Å². The van der Waals surface area contributed by atoms with Gasteiger partial charge in [-0.3, -0.25) is 14.3 Å². The molecular formula is C22H22N6O4. The second kappa shape index (κ2) is 8.48. The van der Waals surface area contributed by atoms with Gasteiger partial charge in [-0.2, -0.15) is 4.98 Å². The van der Waals surface area contributed by atoms with E-state index in [0.29, 0.717) is 41.5 Å². The number of rotatable bonds is 6. The van der Waals surface area contributed by atoms with E-state index in [9.17, 15) is 4.79 Å². The minimum Gasteiger partial charge on any atom is -0.460 e. The maximum absolute atomic E-state index is 12.7. The topological polar surface area (TPSA) is 131 Å². The number of nitrogen functional groups attached to an aromatic ring is 1. The van der Waals surface area contributed by atoms with Crippen LogP contribution in [0.15, 0.2) is 45.7 Å². The van der Waals surface area contributed by atoms with E-state index < -0.39 is 0 Å². The van der Waals surface area contributed by atoms with E-state index in [-0.39, 0.29) is 24.2 Å². The molecule has 4 aromatic heterocycles. The lowest BCUT2D eigenvalue weighted by Crippen LogP contribution is -2.23. The molecule has 10 heteroatoms. The van der Waals surface area contributed by atoms with Gasteiger partial charge in [0.2, 0.25) is 5.95 Å². The third-order valence-electron chi connectivity index (χ3n) is 5.22. The zero-order chi connectivity index (χ0) is 22.1. The lowest BCUT2D eigenvalue weighted by Gasteiger charge is -2.12. The molecule has 2 N–H and O–H groups in total. The first-order valence-electron chi connectivity index (χ1n) is 10.3. The lowest BCUT2D eigenvalue weighted by atomic mass is 10.2. The molecule has 164 valence electrons. The third kappa shape index (κ3) is 4.10. The van der Waals surface area contributed by atoms with Gasteiger partial charge in [-0.15, -0.1) is 0 Å². The normalized spacial score (nSPS) is 16.1. The maximum atomic E-state index is 12.7. The molecule has 1 fully saturated rings. The van der Waals surface area contributed by atoms with Gasteiger partial charge < -0.3 is 19.6 Å². The van der Waals surface area contributed by atoms with Gasteiger partial charge in [-0.25, -0.2) is 9.97 Å². The van der Waals surface area contributed by atoms with Crippen molar-refractivity contribution in [1.82, 2.24) is 24.5 Å². The Bertz CT molecular complexity index is 1330. The number of anilines is 1. The zero-order valence-corrected chi connectivity index (χ0v) is 17.5. The summed E-state index contributed by atoms with van der Waals surface area (Å²) in [6, 6.07) is 9.24. The highest BCUT2D eigenvalue weighted by atomic mass is 16.5. The van der Waals surface area contributed by atoms with Gasteiger partial charge in [0.25, 0.3) is 5.56 Å². The van der Waals surface area contributed by atoms with Crippen molar-refractivity contribution in [2.45, 2.75) is 32.6 Å². The smallest absolute Gasteiger partial charge is 0.271 e. The first-order chi connectivity index (χ1) is 15.6. The summed E-state index contributed by atoms with van der Waals surface area (Å²) < 4.78 is 18.4. The van der Waals surface area contributed by atoms with Gasteiger partial charge in [0.05, 0.1) is 43.4 Å². The monoisotopic (exact) mass is 434 g/mol. The van der Waals surface area contributed by atoms with Crippen LogP contribution in [0.5, 0.6) is 0 Å². The van der Waals surface area contributed by atoms with E-state index in [1.165, 1.54) is 10.8 Å². The quantitative estimate of drug-likeness (QED) is 0.484. The lowest BCUT2D eigenvalue weighted by molar-refractivity contribution is 0.0301. The van der Waals surface area contributed by atoms with Gasteiger partial charge >= 0.3 is 0 Å². The van der Waals surface area contributed by atoms with E-state index >= 15 is 0 Å². The van der Waals surface area contributed by atoms with Crippen molar-refractivity contribution in [2.75, 3.05) is 18.9 Å². The molecule has 0 saturated carbocycles. The van der Waals surface area contributed by atoms with Crippen LogP contribution in [-0.2, 0) is 22.6 Å². The number of pyridine rings is 1. The summed E-state index contributed by atoms with van der Waals surface area (Å²) in [6.07, 6.45) is 2.22. The molecule has 5 heterocycles. The molecule has 0 aromatic carbocycles. The minimum atomic E-state index is -0.316. The highest BCUT2D eigenvalue weighted by Crippen LogP contribution is 2.26. The highest BCUT2D eigenvalue weighted by molar-refractivity contribution is 5.86. The summed E-state index contributed by atoms with van der Waals surface area (Å²) in [5.41, 5.74) is 8.29.